The standard InChI is InChI=1S/C25H24N2O5S/c1-3-32-24(29)21-19-13-14-27(25(30)31-2)15-20(19)33-23(21)26-22(28)18-11-9-17(10-12-18)16-7-5-4-6-8-16/h4-12H,3,13-15H2,1-2H3,(H,26,28). The highest BCUT2D eigenvalue weighted by molar-refractivity contribution is 7.17. The summed E-state index contributed by atoms with van der Waals surface area (Å²) in [4.78, 5) is 40.1. The molecule has 7 nitrogen and oxygen atoms in total. The molecule has 33 heavy (non-hydrogen) atoms. The third-order valence-electron chi connectivity index (χ3n) is 5.45. The number of fused-ring (bicyclic) bond motifs is 1. The van der Waals surface area contributed by atoms with Crippen LogP contribution in [0.3, 0.4) is 0 Å². The summed E-state index contributed by atoms with van der Waals surface area (Å²) in [7, 11) is 1.34. The van der Waals surface area contributed by atoms with Gasteiger partial charge in [-0.3, -0.25) is 4.79 Å². The highest BCUT2D eigenvalue weighted by Crippen LogP contribution is 2.38. The number of esters is 1. The summed E-state index contributed by atoms with van der Waals surface area (Å²) >= 11 is 1.29. The highest BCUT2D eigenvalue weighted by Gasteiger charge is 2.31. The Hall–Kier alpha value is -3.65. The lowest BCUT2D eigenvalue weighted by atomic mass is 10.0. The number of nitrogens with zero attached hydrogens (tertiary/aromatic N) is 1. The van der Waals surface area contributed by atoms with Crippen LogP contribution in [0.1, 0.15) is 38.1 Å². The molecule has 2 amide bonds. The molecule has 0 saturated heterocycles. The summed E-state index contributed by atoms with van der Waals surface area (Å²) in [6.07, 6.45) is 0.0623. The summed E-state index contributed by atoms with van der Waals surface area (Å²) in [5, 5.41) is 3.32. The van der Waals surface area contributed by atoms with Gasteiger partial charge in [0.05, 0.1) is 25.8 Å². The third kappa shape index (κ3) is 4.75. The number of nitrogens with one attached hydrogen (secondary N) is 1. The number of benzene rings is 2. The number of hydrogen-bond acceptors (Lipinski definition) is 6. The maximum Gasteiger partial charge on any atom is 0.409 e. The predicted molar refractivity (Wildman–Crippen MR) is 127 cm³/mol. The molecular weight excluding hydrogens is 440 g/mol. The first-order valence-corrected chi connectivity index (χ1v) is 11.4. The van der Waals surface area contributed by atoms with Crippen LogP contribution in [-0.4, -0.2) is 43.1 Å². The van der Waals surface area contributed by atoms with Crippen LogP contribution >= 0.6 is 11.3 Å². The minimum absolute atomic E-state index is 0.228. The van der Waals surface area contributed by atoms with Gasteiger partial charge >= 0.3 is 12.1 Å². The number of thiophene rings is 1. The van der Waals surface area contributed by atoms with Crippen LogP contribution in [0, 0.1) is 0 Å². The molecule has 2 aromatic carbocycles. The molecule has 0 fully saturated rings. The van der Waals surface area contributed by atoms with Gasteiger partial charge in [0.25, 0.3) is 5.91 Å². The van der Waals surface area contributed by atoms with Crippen molar-refractivity contribution >= 4 is 34.3 Å². The maximum atomic E-state index is 13.0. The molecule has 0 bridgehead atoms. The summed E-state index contributed by atoms with van der Waals surface area (Å²) in [6, 6.07) is 17.2. The van der Waals surface area contributed by atoms with Crippen molar-refractivity contribution in [2.45, 2.75) is 19.9 Å². The minimum atomic E-state index is -0.476. The van der Waals surface area contributed by atoms with Crippen LogP contribution in [0.4, 0.5) is 9.80 Å². The number of anilines is 1. The molecule has 8 heteroatoms. The van der Waals surface area contributed by atoms with Crippen molar-refractivity contribution in [2.24, 2.45) is 0 Å². The van der Waals surface area contributed by atoms with Crippen LogP contribution in [0.5, 0.6) is 0 Å². The van der Waals surface area contributed by atoms with Crippen molar-refractivity contribution in [3.05, 3.63) is 76.2 Å². The largest absolute Gasteiger partial charge is 0.462 e. The van der Waals surface area contributed by atoms with Gasteiger partial charge in [0, 0.05) is 17.0 Å². The minimum Gasteiger partial charge on any atom is -0.462 e. The van der Waals surface area contributed by atoms with Crippen molar-refractivity contribution in [3.63, 3.8) is 0 Å². The lowest BCUT2D eigenvalue weighted by molar-refractivity contribution is 0.0526. The van der Waals surface area contributed by atoms with E-state index in [9.17, 15) is 14.4 Å². The van der Waals surface area contributed by atoms with Crippen LogP contribution in [0.2, 0.25) is 0 Å². The van der Waals surface area contributed by atoms with E-state index in [1.54, 1.807) is 24.0 Å². The number of ether oxygens (including phenoxy) is 2. The molecular formula is C25H24N2O5S. The molecule has 0 spiro atoms. The van der Waals surface area contributed by atoms with E-state index in [1.165, 1.54) is 18.4 Å². The molecule has 1 N–H and O–H groups in total. The Kier molecular flexibility index (Phi) is 6.74. The van der Waals surface area contributed by atoms with Crippen molar-refractivity contribution in [2.75, 3.05) is 25.6 Å². The average Bonchev–Trinajstić information content (AvgIpc) is 3.21. The molecule has 1 aliphatic rings. The first-order valence-electron chi connectivity index (χ1n) is 10.6. The van der Waals surface area contributed by atoms with Crippen LogP contribution in [0.25, 0.3) is 11.1 Å². The highest BCUT2D eigenvalue weighted by atomic mass is 32.1. The summed E-state index contributed by atoms with van der Waals surface area (Å²) < 4.78 is 10.1. The number of amides is 2. The number of methoxy groups -OCH3 is 1. The van der Waals surface area contributed by atoms with Gasteiger partial charge in [0.2, 0.25) is 0 Å². The lowest BCUT2D eigenvalue weighted by Gasteiger charge is -2.25. The normalized spacial score (nSPS) is 12.6. The van der Waals surface area contributed by atoms with Crippen molar-refractivity contribution in [1.29, 1.82) is 0 Å². The van der Waals surface area contributed by atoms with Crippen LogP contribution in [-0.2, 0) is 22.4 Å². The van der Waals surface area contributed by atoms with Gasteiger partial charge in [0.1, 0.15) is 5.00 Å². The number of rotatable bonds is 5. The Labute approximate surface area is 195 Å². The predicted octanol–water partition coefficient (Wildman–Crippen LogP) is 4.97. The molecule has 2 heterocycles. The third-order valence-corrected chi connectivity index (χ3v) is 6.58. The van der Waals surface area contributed by atoms with Gasteiger partial charge in [-0.1, -0.05) is 42.5 Å². The molecule has 0 saturated carbocycles. The zero-order valence-corrected chi connectivity index (χ0v) is 19.2. The second-order valence-electron chi connectivity index (χ2n) is 7.47. The SMILES string of the molecule is CCOC(=O)c1c(NC(=O)c2ccc(-c3ccccc3)cc2)sc2c1CCN(C(=O)OC)C2. The van der Waals surface area contributed by atoms with E-state index in [2.05, 4.69) is 5.32 Å². The summed E-state index contributed by atoms with van der Waals surface area (Å²) in [5.74, 6) is -0.792. The molecule has 170 valence electrons. The van der Waals surface area contributed by atoms with Crippen molar-refractivity contribution in [3.8, 4) is 11.1 Å². The molecule has 0 atom stereocenters. The van der Waals surface area contributed by atoms with E-state index in [-0.39, 0.29) is 12.5 Å². The fourth-order valence-corrected chi connectivity index (χ4v) is 5.06. The molecule has 3 aromatic rings. The van der Waals surface area contributed by atoms with E-state index in [0.29, 0.717) is 35.6 Å². The van der Waals surface area contributed by atoms with E-state index in [1.807, 2.05) is 42.5 Å². The van der Waals surface area contributed by atoms with Gasteiger partial charge in [-0.25, -0.2) is 9.59 Å². The fourth-order valence-electron chi connectivity index (χ4n) is 3.82. The Bertz CT molecular complexity index is 1170. The topological polar surface area (TPSA) is 84.9 Å². The molecule has 0 unspecified atom stereocenters. The Morgan fingerprint density at radius 3 is 2.39 bits per heavy atom. The number of carbonyl (C=O) groups excluding carboxylic acids is 3. The molecule has 1 aromatic heterocycles. The molecule has 0 radical (unpaired) electrons. The van der Waals surface area contributed by atoms with Gasteiger partial charge in [-0.05, 0) is 42.2 Å². The molecule has 0 aliphatic carbocycles. The Morgan fingerprint density at radius 1 is 1.03 bits per heavy atom. The van der Waals surface area contributed by atoms with E-state index < -0.39 is 12.1 Å². The Balaban J connectivity index is 1.59. The monoisotopic (exact) mass is 464 g/mol. The Morgan fingerprint density at radius 2 is 1.73 bits per heavy atom. The van der Waals surface area contributed by atoms with Crippen molar-refractivity contribution in [1.82, 2.24) is 4.90 Å². The van der Waals surface area contributed by atoms with E-state index >= 15 is 0 Å². The zero-order valence-electron chi connectivity index (χ0n) is 18.4. The van der Waals surface area contributed by atoms with Crippen LogP contribution in [0.15, 0.2) is 54.6 Å². The maximum absolute atomic E-state index is 13.0. The van der Waals surface area contributed by atoms with Gasteiger partial charge < -0.3 is 19.7 Å². The average molecular weight is 465 g/mol. The number of hydrogen-bond donors (Lipinski definition) is 1. The lowest BCUT2D eigenvalue weighted by Crippen LogP contribution is -2.35. The summed E-state index contributed by atoms with van der Waals surface area (Å²) in [5.41, 5.74) is 3.74. The zero-order chi connectivity index (χ0) is 23.4. The molecule has 4 rings (SSSR count). The first-order chi connectivity index (χ1) is 16.0. The number of carbonyl (C=O) groups is 3. The summed E-state index contributed by atoms with van der Waals surface area (Å²) in [6.45, 7) is 2.71. The van der Waals surface area contributed by atoms with E-state index in [4.69, 9.17) is 9.47 Å². The fraction of sp³-hybridized carbons (Fsp3) is 0.240. The quantitative estimate of drug-likeness (QED) is 0.539. The second-order valence-corrected chi connectivity index (χ2v) is 8.57. The van der Waals surface area contributed by atoms with Gasteiger partial charge in [-0.15, -0.1) is 11.3 Å². The first kappa shape index (κ1) is 22.5. The van der Waals surface area contributed by atoms with Gasteiger partial charge in [0.15, 0.2) is 0 Å². The van der Waals surface area contributed by atoms with Gasteiger partial charge in [-0.2, -0.15) is 0 Å². The van der Waals surface area contributed by atoms with Crippen LogP contribution < -0.4 is 5.32 Å². The molecule has 1 aliphatic heterocycles. The van der Waals surface area contributed by atoms with E-state index in [0.717, 1.165) is 21.6 Å². The smallest absolute Gasteiger partial charge is 0.409 e. The van der Waals surface area contributed by atoms with Crippen molar-refractivity contribution < 1.29 is 23.9 Å². The second kappa shape index (κ2) is 9.87.